The number of halogens is 3. The highest BCUT2D eigenvalue weighted by Crippen LogP contribution is 2.25. The minimum Gasteiger partial charge on any atom is -0.497 e. The van der Waals surface area contributed by atoms with Gasteiger partial charge in [0.25, 0.3) is 0 Å². The number of methoxy groups -OCH3 is 2. The Balaban J connectivity index is 0.00000512. The second-order valence-corrected chi connectivity index (χ2v) is 6.52. The van der Waals surface area contributed by atoms with Crippen LogP contribution >= 0.6 is 24.0 Å². The summed E-state index contributed by atoms with van der Waals surface area (Å²) < 4.78 is 40.2. The van der Waals surface area contributed by atoms with E-state index in [2.05, 4.69) is 25.7 Å². The largest absolute Gasteiger partial charge is 0.497 e. The van der Waals surface area contributed by atoms with Gasteiger partial charge in [0.05, 0.1) is 20.3 Å². The van der Waals surface area contributed by atoms with E-state index in [4.69, 9.17) is 9.47 Å². The molecule has 0 heterocycles. The van der Waals surface area contributed by atoms with Crippen LogP contribution in [0.4, 0.5) is 14.5 Å². The van der Waals surface area contributed by atoms with Crippen LogP contribution in [0.15, 0.2) is 47.5 Å². The van der Waals surface area contributed by atoms with Crippen LogP contribution in [0.3, 0.4) is 0 Å². The number of hydrogen-bond donors (Lipinski definition) is 3. The van der Waals surface area contributed by atoms with E-state index >= 15 is 0 Å². The first-order valence-corrected chi connectivity index (χ1v) is 10.0. The third-order valence-corrected chi connectivity index (χ3v) is 4.28. The Kier molecular flexibility index (Phi) is 13.4. The summed E-state index contributed by atoms with van der Waals surface area (Å²) in [6.45, 7) is 1.80. The van der Waals surface area contributed by atoms with Gasteiger partial charge in [-0.15, -0.1) is 24.0 Å². The van der Waals surface area contributed by atoms with Crippen LogP contribution < -0.4 is 25.4 Å². The molecule has 2 aromatic carbocycles. The van der Waals surface area contributed by atoms with Crippen molar-refractivity contribution >= 4 is 35.6 Å². The first-order valence-electron chi connectivity index (χ1n) is 10.0. The molecule has 178 valence electrons. The Morgan fingerprint density at radius 1 is 1.06 bits per heavy atom. The van der Waals surface area contributed by atoms with Gasteiger partial charge in [-0.3, -0.25) is 0 Å². The van der Waals surface area contributed by atoms with E-state index in [0.29, 0.717) is 37.0 Å². The normalized spacial score (nSPS) is 11.0. The van der Waals surface area contributed by atoms with Crippen LogP contribution in [0.2, 0.25) is 0 Å². The lowest BCUT2D eigenvalue weighted by molar-refractivity contribution is -0.0504. The quantitative estimate of drug-likeness (QED) is 0.155. The third-order valence-electron chi connectivity index (χ3n) is 4.28. The van der Waals surface area contributed by atoms with Gasteiger partial charge in [0.15, 0.2) is 5.96 Å². The maximum atomic E-state index is 12.7. The monoisotopic (exact) mass is 564 g/mol. The Labute approximate surface area is 204 Å². The summed E-state index contributed by atoms with van der Waals surface area (Å²) >= 11 is 0. The van der Waals surface area contributed by atoms with E-state index in [-0.39, 0.29) is 36.3 Å². The number of ether oxygens (including phenoxy) is 3. The summed E-state index contributed by atoms with van der Waals surface area (Å²) in [5.41, 5.74) is 2.59. The number of nitrogens with zero attached hydrogens (tertiary/aromatic N) is 1. The van der Waals surface area contributed by atoms with E-state index in [1.807, 2.05) is 31.2 Å². The fourth-order valence-corrected chi connectivity index (χ4v) is 2.75. The van der Waals surface area contributed by atoms with Crippen molar-refractivity contribution in [3.05, 3.63) is 53.6 Å². The number of anilines is 1. The molecule has 0 atom stereocenters. The Hall–Kier alpha value is -2.34. The van der Waals surface area contributed by atoms with Crippen molar-refractivity contribution in [3.8, 4) is 11.5 Å². The van der Waals surface area contributed by atoms with Gasteiger partial charge in [-0.25, -0.2) is 4.99 Å². The number of alkyl halides is 2. The molecule has 0 aliphatic rings. The minimum absolute atomic E-state index is 0. The molecular weight excluding hydrogens is 533 g/mol. The van der Waals surface area contributed by atoms with Crippen LogP contribution in [-0.4, -0.2) is 46.5 Å². The molecule has 0 fully saturated rings. The van der Waals surface area contributed by atoms with E-state index in [1.165, 1.54) is 13.2 Å². The summed E-state index contributed by atoms with van der Waals surface area (Å²) in [7, 11) is 3.18. The van der Waals surface area contributed by atoms with Gasteiger partial charge in [-0.2, -0.15) is 8.78 Å². The maximum Gasteiger partial charge on any atom is 0.387 e. The van der Waals surface area contributed by atoms with Crippen molar-refractivity contribution in [1.82, 2.24) is 10.6 Å². The molecule has 0 amide bonds. The highest BCUT2D eigenvalue weighted by Gasteiger charge is 2.11. The molecule has 0 aliphatic carbocycles. The molecule has 0 saturated carbocycles. The molecule has 0 saturated heterocycles. The van der Waals surface area contributed by atoms with Crippen LogP contribution in [0.25, 0.3) is 0 Å². The van der Waals surface area contributed by atoms with Crippen LogP contribution in [-0.2, 0) is 17.8 Å². The lowest BCUT2D eigenvalue weighted by Crippen LogP contribution is -2.36. The lowest BCUT2D eigenvalue weighted by Gasteiger charge is -2.15. The average molecular weight is 564 g/mol. The average Bonchev–Trinajstić information content (AvgIpc) is 2.77. The van der Waals surface area contributed by atoms with Gasteiger partial charge in [0, 0.05) is 38.0 Å². The highest BCUT2D eigenvalue weighted by molar-refractivity contribution is 14.0. The molecule has 0 aromatic heterocycles. The number of benzene rings is 2. The third kappa shape index (κ3) is 9.86. The Bertz CT molecular complexity index is 823. The zero-order chi connectivity index (χ0) is 22.5. The number of nitrogens with one attached hydrogen (secondary N) is 3. The first kappa shape index (κ1) is 27.7. The van der Waals surface area contributed by atoms with Crippen molar-refractivity contribution in [2.45, 2.75) is 26.6 Å². The topological polar surface area (TPSA) is 76.1 Å². The molecule has 2 aromatic rings. The molecule has 0 bridgehead atoms. The van der Waals surface area contributed by atoms with E-state index in [1.54, 1.807) is 19.2 Å². The van der Waals surface area contributed by atoms with Gasteiger partial charge in [0.1, 0.15) is 11.5 Å². The molecule has 7 nitrogen and oxygen atoms in total. The second kappa shape index (κ2) is 15.5. The summed E-state index contributed by atoms with van der Waals surface area (Å²) in [6.07, 6.45) is 0. The molecule has 2 rings (SSSR count). The Morgan fingerprint density at radius 3 is 2.44 bits per heavy atom. The zero-order valence-corrected chi connectivity index (χ0v) is 20.8. The molecule has 0 radical (unpaired) electrons. The molecule has 32 heavy (non-hydrogen) atoms. The lowest BCUT2D eigenvalue weighted by atomic mass is 10.2. The highest BCUT2D eigenvalue weighted by atomic mass is 127. The zero-order valence-electron chi connectivity index (χ0n) is 18.5. The van der Waals surface area contributed by atoms with Gasteiger partial charge in [-0.1, -0.05) is 12.1 Å². The van der Waals surface area contributed by atoms with Crippen molar-refractivity contribution in [2.24, 2.45) is 4.99 Å². The number of guanidine groups is 1. The smallest absolute Gasteiger partial charge is 0.387 e. The molecular formula is C22H31F2IN4O3. The standard InChI is InChI=1S/C22H30F2N4O3.HI/c1-4-25-22(27-14-16-5-7-18(8-6-16)26-11-12-29-2)28-15-17-13-19(30-3)9-10-20(17)31-21(23)24;/h5-10,13,21,26H,4,11-12,14-15H2,1-3H3,(H2,25,27,28);1H. The molecule has 0 unspecified atom stereocenters. The minimum atomic E-state index is -2.90. The number of rotatable bonds is 12. The van der Waals surface area contributed by atoms with Gasteiger partial charge in [0.2, 0.25) is 0 Å². The van der Waals surface area contributed by atoms with E-state index < -0.39 is 6.61 Å². The molecule has 0 aliphatic heterocycles. The van der Waals surface area contributed by atoms with Crippen LogP contribution in [0.1, 0.15) is 18.1 Å². The summed E-state index contributed by atoms with van der Waals surface area (Å²) in [5.74, 6) is 1.21. The first-order chi connectivity index (χ1) is 15.0. The Morgan fingerprint density at radius 2 is 1.81 bits per heavy atom. The van der Waals surface area contributed by atoms with Crippen molar-refractivity contribution in [3.63, 3.8) is 0 Å². The fourth-order valence-electron chi connectivity index (χ4n) is 2.75. The predicted octanol–water partition coefficient (Wildman–Crippen LogP) is 4.23. The van der Waals surface area contributed by atoms with Crippen LogP contribution in [0, 0.1) is 0 Å². The van der Waals surface area contributed by atoms with E-state index in [9.17, 15) is 8.78 Å². The summed E-state index contributed by atoms with van der Waals surface area (Å²) in [6, 6.07) is 12.7. The van der Waals surface area contributed by atoms with Crippen LogP contribution in [0.5, 0.6) is 11.5 Å². The van der Waals surface area contributed by atoms with Crippen molar-refractivity contribution < 1.29 is 23.0 Å². The summed E-state index contributed by atoms with van der Waals surface area (Å²) in [5, 5.41) is 9.56. The number of aliphatic imine (C=N–C) groups is 1. The molecule has 3 N–H and O–H groups in total. The van der Waals surface area contributed by atoms with Gasteiger partial charge >= 0.3 is 6.61 Å². The maximum absolute atomic E-state index is 12.7. The predicted molar refractivity (Wildman–Crippen MR) is 134 cm³/mol. The molecule has 10 heteroatoms. The number of hydrogen-bond acceptors (Lipinski definition) is 5. The van der Waals surface area contributed by atoms with Gasteiger partial charge < -0.3 is 30.2 Å². The van der Waals surface area contributed by atoms with E-state index in [0.717, 1.165) is 17.8 Å². The van der Waals surface area contributed by atoms with Crippen molar-refractivity contribution in [2.75, 3.05) is 39.2 Å². The molecule has 0 spiro atoms. The second-order valence-electron chi connectivity index (χ2n) is 6.52. The van der Waals surface area contributed by atoms with Crippen molar-refractivity contribution in [1.29, 1.82) is 0 Å². The fraction of sp³-hybridized carbons (Fsp3) is 0.409. The summed E-state index contributed by atoms with van der Waals surface area (Å²) in [4.78, 5) is 4.57. The SMILES string of the molecule is CCNC(=NCc1ccc(NCCOC)cc1)NCc1cc(OC)ccc1OC(F)F.I. The van der Waals surface area contributed by atoms with Gasteiger partial charge in [-0.05, 0) is 42.8 Å².